The van der Waals surface area contributed by atoms with Gasteiger partial charge in [0.15, 0.2) is 0 Å². The zero-order valence-corrected chi connectivity index (χ0v) is 8.19. The van der Waals surface area contributed by atoms with Gasteiger partial charge in [0, 0.05) is 10.7 Å². The molecule has 1 aromatic heterocycles. The van der Waals surface area contributed by atoms with Gasteiger partial charge in [0.25, 0.3) is 15.5 Å². The van der Waals surface area contributed by atoms with Crippen molar-refractivity contribution in [1.82, 2.24) is 4.98 Å². The van der Waals surface area contributed by atoms with E-state index in [1.807, 2.05) is 0 Å². The quantitative estimate of drug-likeness (QED) is 0.798. The summed E-state index contributed by atoms with van der Waals surface area (Å²) >= 11 is 0. The summed E-state index contributed by atoms with van der Waals surface area (Å²) in [6.45, 7) is 0. The molecule has 0 saturated heterocycles. The highest BCUT2D eigenvalue weighted by atomic mass is 35.7. The summed E-state index contributed by atoms with van der Waals surface area (Å²) in [5.41, 5.74) is 4.20. The average molecular weight is 243 g/mol. The molecule has 1 rings (SSSR count). The first-order valence-electron chi connectivity index (χ1n) is 3.31. The summed E-state index contributed by atoms with van der Waals surface area (Å²) in [6, 6.07) is 1.98. The maximum atomic E-state index is 12.3. The number of anilines is 1. The predicted molar refractivity (Wildman–Crippen MR) is 46.6 cm³/mol. The molecule has 1 heterocycles. The van der Waals surface area contributed by atoms with Crippen molar-refractivity contribution in [2.45, 2.75) is 11.3 Å². The minimum Gasteiger partial charge on any atom is -0.384 e. The Labute approximate surface area is 83.1 Å². The summed E-state index contributed by atoms with van der Waals surface area (Å²) in [5, 5.41) is 0. The molecule has 0 saturated carbocycles. The summed E-state index contributed by atoms with van der Waals surface area (Å²) in [4.78, 5) is 2.48. The van der Waals surface area contributed by atoms with Crippen molar-refractivity contribution in [2.75, 3.05) is 5.73 Å². The Balaban J connectivity index is 3.45. The summed E-state index contributed by atoms with van der Waals surface area (Å²) in [5.74, 6) is -0.190. The maximum absolute atomic E-state index is 12.3. The normalized spacial score (nSPS) is 12.0. The molecule has 0 radical (unpaired) electrons. The van der Waals surface area contributed by atoms with Crippen LogP contribution in [0, 0.1) is 0 Å². The highest BCUT2D eigenvalue weighted by molar-refractivity contribution is 8.13. The number of aromatic nitrogens is 1. The highest BCUT2D eigenvalue weighted by Crippen LogP contribution is 2.27. The van der Waals surface area contributed by atoms with Gasteiger partial charge in [0.1, 0.15) is 16.4 Å². The molecule has 0 spiro atoms. The molecule has 0 aliphatic carbocycles. The van der Waals surface area contributed by atoms with Gasteiger partial charge in [0.2, 0.25) is 0 Å². The molecule has 0 aliphatic heterocycles. The lowest BCUT2D eigenvalue weighted by molar-refractivity contribution is 0.142. The van der Waals surface area contributed by atoms with Gasteiger partial charge >= 0.3 is 0 Å². The monoisotopic (exact) mass is 242 g/mol. The third kappa shape index (κ3) is 2.30. The molecule has 2 N–H and O–H groups in total. The largest absolute Gasteiger partial charge is 0.384 e. The molecule has 0 aliphatic rings. The highest BCUT2D eigenvalue weighted by Gasteiger charge is 2.23. The Morgan fingerprint density at radius 1 is 1.43 bits per heavy atom. The second-order valence-corrected chi connectivity index (χ2v) is 4.89. The van der Waals surface area contributed by atoms with Crippen molar-refractivity contribution >= 4 is 25.6 Å². The fourth-order valence-electron chi connectivity index (χ4n) is 0.840. The van der Waals surface area contributed by atoms with Crippen molar-refractivity contribution < 1.29 is 17.2 Å². The number of nitrogens with zero attached hydrogens (tertiary/aromatic N) is 1. The van der Waals surface area contributed by atoms with Gasteiger partial charge < -0.3 is 5.73 Å². The number of nitrogens with two attached hydrogens (primary N) is 1. The molecule has 8 heteroatoms. The molecular weight excluding hydrogens is 238 g/mol. The molecule has 14 heavy (non-hydrogen) atoms. The molecular formula is C6H5ClF2N2O2S. The van der Waals surface area contributed by atoms with E-state index in [2.05, 4.69) is 4.98 Å². The summed E-state index contributed by atoms with van der Waals surface area (Å²) in [7, 11) is 0.697. The Morgan fingerprint density at radius 3 is 2.43 bits per heavy atom. The first kappa shape index (κ1) is 11.1. The van der Waals surface area contributed by atoms with Crippen LogP contribution in [0.4, 0.5) is 14.6 Å². The van der Waals surface area contributed by atoms with Crippen LogP contribution in [0.25, 0.3) is 0 Å². The Bertz CT molecular complexity index is 449. The molecule has 0 bridgehead atoms. The van der Waals surface area contributed by atoms with Crippen LogP contribution in [-0.2, 0) is 9.05 Å². The van der Waals surface area contributed by atoms with E-state index < -0.39 is 26.1 Å². The van der Waals surface area contributed by atoms with Gasteiger partial charge in [-0.05, 0) is 12.1 Å². The van der Waals surface area contributed by atoms with Crippen molar-refractivity contribution in [3.63, 3.8) is 0 Å². The third-order valence-electron chi connectivity index (χ3n) is 1.38. The smallest absolute Gasteiger partial charge is 0.281 e. The van der Waals surface area contributed by atoms with Crippen LogP contribution >= 0.6 is 10.7 Å². The fraction of sp³-hybridized carbons (Fsp3) is 0.167. The summed E-state index contributed by atoms with van der Waals surface area (Å²) in [6.07, 6.45) is -3.04. The minimum absolute atomic E-state index is 0.190. The lowest BCUT2D eigenvalue weighted by Gasteiger charge is -2.04. The molecule has 0 aromatic carbocycles. The van der Waals surface area contributed by atoms with Gasteiger partial charge in [-0.25, -0.2) is 22.2 Å². The number of nitrogen functional groups attached to an aromatic ring is 1. The van der Waals surface area contributed by atoms with Crippen LogP contribution in [0.3, 0.4) is 0 Å². The first-order valence-corrected chi connectivity index (χ1v) is 5.62. The molecule has 0 atom stereocenters. The second-order valence-electron chi connectivity index (χ2n) is 2.36. The fourth-order valence-corrected chi connectivity index (χ4v) is 1.85. The van der Waals surface area contributed by atoms with Crippen molar-refractivity contribution in [3.8, 4) is 0 Å². The van der Waals surface area contributed by atoms with E-state index in [9.17, 15) is 17.2 Å². The lowest BCUT2D eigenvalue weighted by Crippen LogP contribution is -2.04. The van der Waals surface area contributed by atoms with E-state index in [4.69, 9.17) is 16.4 Å². The van der Waals surface area contributed by atoms with Crippen LogP contribution in [0.5, 0.6) is 0 Å². The van der Waals surface area contributed by atoms with Gasteiger partial charge in [-0.2, -0.15) is 0 Å². The number of hydrogen-bond acceptors (Lipinski definition) is 4. The van der Waals surface area contributed by atoms with Crippen LogP contribution in [0.15, 0.2) is 17.0 Å². The SMILES string of the molecule is Nc1ccc(S(=O)(=O)Cl)c(C(F)F)n1. The molecule has 0 unspecified atom stereocenters. The molecule has 0 fully saturated rings. The Kier molecular flexibility index (Phi) is 2.91. The van der Waals surface area contributed by atoms with Crippen molar-refractivity contribution in [2.24, 2.45) is 0 Å². The van der Waals surface area contributed by atoms with Crippen LogP contribution in [-0.4, -0.2) is 13.4 Å². The number of hydrogen-bond donors (Lipinski definition) is 1. The van der Waals surface area contributed by atoms with Crippen molar-refractivity contribution in [3.05, 3.63) is 17.8 Å². The molecule has 0 amide bonds. The van der Waals surface area contributed by atoms with Gasteiger partial charge in [0.05, 0.1) is 0 Å². The number of alkyl halides is 2. The van der Waals surface area contributed by atoms with E-state index >= 15 is 0 Å². The molecule has 78 valence electrons. The zero-order valence-electron chi connectivity index (χ0n) is 6.62. The van der Waals surface area contributed by atoms with E-state index in [-0.39, 0.29) is 5.82 Å². The van der Waals surface area contributed by atoms with Gasteiger partial charge in [-0.15, -0.1) is 0 Å². The van der Waals surface area contributed by atoms with Gasteiger partial charge in [-0.1, -0.05) is 0 Å². The van der Waals surface area contributed by atoms with E-state index in [0.29, 0.717) is 0 Å². The zero-order chi connectivity index (χ0) is 10.9. The Morgan fingerprint density at radius 2 is 2.00 bits per heavy atom. The van der Waals surface area contributed by atoms with E-state index in [1.165, 1.54) is 0 Å². The molecule has 4 nitrogen and oxygen atoms in total. The number of pyridine rings is 1. The standard InChI is InChI=1S/C6H5ClF2N2O2S/c7-14(12,13)3-1-2-4(10)11-5(3)6(8)9/h1-2,6H,(H2,10,11). The summed E-state index contributed by atoms with van der Waals surface area (Å²) < 4.78 is 46.2. The number of rotatable bonds is 2. The van der Waals surface area contributed by atoms with Gasteiger partial charge in [-0.3, -0.25) is 0 Å². The van der Waals surface area contributed by atoms with Crippen LogP contribution < -0.4 is 5.73 Å². The third-order valence-corrected chi connectivity index (χ3v) is 2.75. The van der Waals surface area contributed by atoms with Crippen molar-refractivity contribution in [1.29, 1.82) is 0 Å². The predicted octanol–water partition coefficient (Wildman–Crippen LogP) is 1.53. The van der Waals surface area contributed by atoms with Crippen LogP contribution in [0.1, 0.15) is 12.1 Å². The van der Waals surface area contributed by atoms with Crippen LogP contribution in [0.2, 0.25) is 0 Å². The maximum Gasteiger partial charge on any atom is 0.281 e. The first-order chi connectivity index (χ1) is 6.32. The minimum atomic E-state index is -4.22. The van der Waals surface area contributed by atoms with E-state index in [1.54, 1.807) is 0 Å². The van der Waals surface area contributed by atoms with E-state index in [0.717, 1.165) is 12.1 Å². The Hall–Kier alpha value is -0.950. The topological polar surface area (TPSA) is 73.1 Å². The molecule has 1 aromatic rings. The lowest BCUT2D eigenvalue weighted by atomic mass is 10.3. The number of halogens is 3. The average Bonchev–Trinajstić information content (AvgIpc) is 2.01. The second kappa shape index (κ2) is 3.66.